The summed E-state index contributed by atoms with van der Waals surface area (Å²) >= 11 is 0. The standard InChI is InChI=1S/C15H27NO2Si/c1-13(17)18-10-5-6-15-8-7-14(12-16-15)9-11-19(2,3)4/h14-16H,5-8,10,12H2,1-4H3. The number of hydrogen-bond acceptors (Lipinski definition) is 3. The number of piperidine rings is 1. The monoisotopic (exact) mass is 281 g/mol. The van der Waals surface area contributed by atoms with Crippen LogP contribution in [0.4, 0.5) is 0 Å². The second-order valence-corrected chi connectivity index (χ2v) is 11.1. The zero-order valence-electron chi connectivity index (χ0n) is 12.7. The van der Waals surface area contributed by atoms with E-state index in [-0.39, 0.29) is 5.97 Å². The summed E-state index contributed by atoms with van der Waals surface area (Å²) in [5.41, 5.74) is 3.46. The van der Waals surface area contributed by atoms with Gasteiger partial charge in [-0.2, -0.15) is 0 Å². The Kier molecular flexibility index (Phi) is 6.60. The molecular weight excluding hydrogens is 254 g/mol. The number of rotatable bonds is 4. The summed E-state index contributed by atoms with van der Waals surface area (Å²) in [7, 11) is -1.23. The van der Waals surface area contributed by atoms with Gasteiger partial charge in [-0.05, 0) is 25.7 Å². The molecule has 108 valence electrons. The summed E-state index contributed by atoms with van der Waals surface area (Å²) in [5.74, 6) is 3.79. The summed E-state index contributed by atoms with van der Waals surface area (Å²) < 4.78 is 4.95. The lowest BCUT2D eigenvalue weighted by atomic mass is 9.93. The molecule has 0 amide bonds. The van der Waals surface area contributed by atoms with Crippen molar-refractivity contribution in [3.05, 3.63) is 0 Å². The van der Waals surface area contributed by atoms with Gasteiger partial charge in [0.15, 0.2) is 0 Å². The molecule has 0 aromatic carbocycles. The quantitative estimate of drug-likeness (QED) is 0.372. The molecule has 4 heteroatoms. The zero-order chi connectivity index (χ0) is 14.3. The van der Waals surface area contributed by atoms with Gasteiger partial charge in [0, 0.05) is 25.4 Å². The van der Waals surface area contributed by atoms with Gasteiger partial charge in [-0.3, -0.25) is 4.79 Å². The van der Waals surface area contributed by atoms with Crippen LogP contribution in [0.25, 0.3) is 0 Å². The Morgan fingerprint density at radius 2 is 2.11 bits per heavy atom. The highest BCUT2D eigenvalue weighted by molar-refractivity contribution is 6.83. The predicted octanol–water partition coefficient (Wildman–Crippen LogP) is 2.58. The van der Waals surface area contributed by atoms with Gasteiger partial charge in [-0.15, -0.1) is 11.5 Å². The molecule has 1 rings (SSSR count). The van der Waals surface area contributed by atoms with Crippen LogP contribution in [0.2, 0.25) is 19.6 Å². The van der Waals surface area contributed by atoms with Crippen LogP contribution in [0.15, 0.2) is 0 Å². The maximum Gasteiger partial charge on any atom is 0.302 e. The van der Waals surface area contributed by atoms with E-state index in [9.17, 15) is 4.79 Å². The largest absolute Gasteiger partial charge is 0.466 e. The van der Waals surface area contributed by atoms with Gasteiger partial charge in [0.1, 0.15) is 8.07 Å². The number of carbonyl (C=O) groups is 1. The molecule has 0 radical (unpaired) electrons. The Morgan fingerprint density at radius 1 is 1.37 bits per heavy atom. The van der Waals surface area contributed by atoms with Crippen molar-refractivity contribution in [2.75, 3.05) is 13.2 Å². The van der Waals surface area contributed by atoms with Crippen molar-refractivity contribution < 1.29 is 9.53 Å². The first kappa shape index (κ1) is 16.3. The third-order valence-electron chi connectivity index (χ3n) is 3.17. The second kappa shape index (κ2) is 7.71. The maximum atomic E-state index is 10.6. The van der Waals surface area contributed by atoms with E-state index in [0.717, 1.165) is 19.4 Å². The fourth-order valence-electron chi connectivity index (χ4n) is 2.15. The summed E-state index contributed by atoms with van der Waals surface area (Å²) in [6.45, 7) is 9.87. The minimum Gasteiger partial charge on any atom is -0.466 e. The van der Waals surface area contributed by atoms with Crippen LogP contribution in [-0.2, 0) is 9.53 Å². The van der Waals surface area contributed by atoms with Crippen LogP contribution < -0.4 is 5.32 Å². The van der Waals surface area contributed by atoms with Crippen molar-refractivity contribution in [3.8, 4) is 11.5 Å². The molecule has 0 aromatic heterocycles. The van der Waals surface area contributed by atoms with E-state index in [4.69, 9.17) is 4.74 Å². The molecule has 3 nitrogen and oxygen atoms in total. The Morgan fingerprint density at radius 3 is 2.63 bits per heavy atom. The van der Waals surface area contributed by atoms with E-state index in [2.05, 4.69) is 36.4 Å². The highest BCUT2D eigenvalue weighted by Crippen LogP contribution is 2.17. The first-order chi connectivity index (χ1) is 8.87. The van der Waals surface area contributed by atoms with Crippen LogP contribution >= 0.6 is 0 Å². The normalized spacial score (nSPS) is 23.4. The first-order valence-electron chi connectivity index (χ1n) is 7.26. The summed E-state index contributed by atoms with van der Waals surface area (Å²) in [4.78, 5) is 10.6. The van der Waals surface area contributed by atoms with Crippen molar-refractivity contribution in [1.82, 2.24) is 5.32 Å². The Balaban J connectivity index is 2.18. The van der Waals surface area contributed by atoms with Crippen LogP contribution in [0.3, 0.4) is 0 Å². The van der Waals surface area contributed by atoms with Gasteiger partial charge in [0.2, 0.25) is 0 Å². The molecule has 0 aromatic rings. The summed E-state index contributed by atoms with van der Waals surface area (Å²) in [6.07, 6.45) is 4.41. The van der Waals surface area contributed by atoms with E-state index < -0.39 is 8.07 Å². The summed E-state index contributed by atoms with van der Waals surface area (Å²) in [5, 5.41) is 3.57. The Bertz CT molecular complexity index is 343. The lowest BCUT2D eigenvalue weighted by Gasteiger charge is -2.27. The van der Waals surface area contributed by atoms with E-state index >= 15 is 0 Å². The zero-order valence-corrected chi connectivity index (χ0v) is 13.7. The van der Waals surface area contributed by atoms with Gasteiger partial charge < -0.3 is 10.1 Å². The lowest BCUT2D eigenvalue weighted by Crippen LogP contribution is -2.38. The molecule has 1 N–H and O–H groups in total. The SMILES string of the molecule is CC(=O)OCCCC1CCC(C#C[Si](C)(C)C)CN1. The fraction of sp³-hybridized carbons (Fsp3) is 0.800. The minimum absolute atomic E-state index is 0.182. The van der Waals surface area contributed by atoms with Crippen molar-refractivity contribution in [2.24, 2.45) is 5.92 Å². The first-order valence-corrected chi connectivity index (χ1v) is 10.8. The van der Waals surface area contributed by atoms with Gasteiger partial charge >= 0.3 is 5.97 Å². The lowest BCUT2D eigenvalue weighted by molar-refractivity contribution is -0.141. The third-order valence-corrected chi connectivity index (χ3v) is 4.06. The molecule has 1 heterocycles. The van der Waals surface area contributed by atoms with Crippen molar-refractivity contribution >= 4 is 14.0 Å². The molecule has 1 fully saturated rings. The van der Waals surface area contributed by atoms with Crippen LogP contribution in [0.5, 0.6) is 0 Å². The van der Waals surface area contributed by atoms with Crippen LogP contribution in [-0.4, -0.2) is 33.2 Å². The van der Waals surface area contributed by atoms with Gasteiger partial charge in [-0.1, -0.05) is 19.6 Å². The molecule has 0 bridgehead atoms. The molecule has 0 spiro atoms. The summed E-state index contributed by atoms with van der Waals surface area (Å²) in [6, 6.07) is 0.570. The molecule has 1 aliphatic heterocycles. The smallest absolute Gasteiger partial charge is 0.302 e. The number of hydrogen-bond donors (Lipinski definition) is 1. The molecule has 1 aliphatic rings. The van der Waals surface area contributed by atoms with E-state index in [0.29, 0.717) is 18.6 Å². The number of esters is 1. The van der Waals surface area contributed by atoms with Crippen LogP contribution in [0, 0.1) is 17.4 Å². The molecule has 1 saturated heterocycles. The fourth-order valence-corrected chi connectivity index (χ4v) is 2.79. The predicted molar refractivity (Wildman–Crippen MR) is 81.5 cm³/mol. The van der Waals surface area contributed by atoms with Crippen molar-refractivity contribution in [3.63, 3.8) is 0 Å². The minimum atomic E-state index is -1.23. The van der Waals surface area contributed by atoms with Crippen molar-refractivity contribution in [1.29, 1.82) is 0 Å². The van der Waals surface area contributed by atoms with E-state index in [1.807, 2.05) is 0 Å². The van der Waals surface area contributed by atoms with Crippen LogP contribution in [0.1, 0.15) is 32.6 Å². The Hall–Kier alpha value is -0.793. The van der Waals surface area contributed by atoms with E-state index in [1.165, 1.54) is 19.8 Å². The van der Waals surface area contributed by atoms with Crippen molar-refractivity contribution in [2.45, 2.75) is 58.3 Å². The van der Waals surface area contributed by atoms with Gasteiger partial charge in [-0.25, -0.2) is 0 Å². The molecule has 2 unspecified atom stereocenters. The topological polar surface area (TPSA) is 38.3 Å². The number of carbonyl (C=O) groups excluding carboxylic acids is 1. The van der Waals surface area contributed by atoms with E-state index in [1.54, 1.807) is 0 Å². The Labute approximate surface area is 118 Å². The van der Waals surface area contributed by atoms with Gasteiger partial charge in [0.05, 0.1) is 6.61 Å². The molecule has 19 heavy (non-hydrogen) atoms. The molecule has 2 atom stereocenters. The second-order valence-electron chi connectivity index (χ2n) is 6.38. The third kappa shape index (κ3) is 8.07. The highest BCUT2D eigenvalue weighted by Gasteiger charge is 2.19. The van der Waals surface area contributed by atoms with Gasteiger partial charge in [0.25, 0.3) is 0 Å². The molecule has 0 saturated carbocycles. The molecule has 0 aliphatic carbocycles. The number of nitrogens with one attached hydrogen (secondary N) is 1. The highest BCUT2D eigenvalue weighted by atomic mass is 28.3. The average molecular weight is 281 g/mol. The average Bonchev–Trinajstić information content (AvgIpc) is 2.32. The number of ether oxygens (including phenoxy) is 1. The maximum absolute atomic E-state index is 10.6. The molecular formula is C15H27NO2Si.